The zero-order valence-corrected chi connectivity index (χ0v) is 21.6. The van der Waals surface area contributed by atoms with E-state index in [1.165, 1.54) is 23.5 Å². The molecule has 1 fully saturated rings. The van der Waals surface area contributed by atoms with Crippen LogP contribution < -0.4 is 22.4 Å². The number of hydrogen-bond acceptors (Lipinski definition) is 9. The van der Waals surface area contributed by atoms with E-state index in [1.807, 2.05) is 25.3 Å². The zero-order valence-electron chi connectivity index (χ0n) is 20.0. The molecule has 0 unspecified atom stereocenters. The van der Waals surface area contributed by atoms with E-state index in [1.54, 1.807) is 23.2 Å². The number of halogens is 2. The second-order valence-corrected chi connectivity index (χ2v) is 8.79. The van der Waals surface area contributed by atoms with Crippen LogP contribution in [0.1, 0.15) is 35.5 Å². The fourth-order valence-electron chi connectivity index (χ4n) is 3.59. The summed E-state index contributed by atoms with van der Waals surface area (Å²) in [5.74, 6) is 5.00. The molecule has 1 aromatic carbocycles. The van der Waals surface area contributed by atoms with Gasteiger partial charge in [-0.2, -0.15) is 0 Å². The maximum absolute atomic E-state index is 14.3. The number of nitrogens with two attached hydrogens (primary N) is 2. The number of benzene rings is 1. The van der Waals surface area contributed by atoms with Gasteiger partial charge in [-0.15, -0.1) is 16.4 Å². The topological polar surface area (TPSA) is 138 Å². The molecule has 3 aromatic rings. The van der Waals surface area contributed by atoms with Crippen molar-refractivity contribution >= 4 is 45.6 Å². The molecule has 1 amide bonds. The Morgan fingerprint density at radius 2 is 2.00 bits per heavy atom. The number of anilines is 2. The first kappa shape index (κ1) is 27.3. The van der Waals surface area contributed by atoms with E-state index >= 15 is 0 Å². The Kier molecular flexibility index (Phi) is 9.94. The van der Waals surface area contributed by atoms with Gasteiger partial charge in [-0.1, -0.05) is 31.5 Å². The minimum absolute atomic E-state index is 0.0171. The number of hydrogen-bond donors (Lipinski definition) is 4. The summed E-state index contributed by atoms with van der Waals surface area (Å²) in [5, 5.41) is 9.50. The Morgan fingerprint density at radius 1 is 1.25 bits per heavy atom. The smallest absolute Gasteiger partial charge is 0.256 e. The van der Waals surface area contributed by atoms with Gasteiger partial charge in [0, 0.05) is 49.9 Å². The van der Waals surface area contributed by atoms with Gasteiger partial charge in [0.05, 0.1) is 16.3 Å². The van der Waals surface area contributed by atoms with Gasteiger partial charge in [-0.25, -0.2) is 25.7 Å². The number of carbonyl (C=O) groups excluding carboxylic acids is 1. The number of amidine groups is 1. The summed E-state index contributed by atoms with van der Waals surface area (Å²) >= 11 is 7.27. The van der Waals surface area contributed by atoms with Gasteiger partial charge in [-0.3, -0.25) is 9.69 Å². The molecule has 0 spiro atoms. The molecule has 1 aliphatic rings. The number of rotatable bonds is 7. The molecule has 0 saturated carbocycles. The summed E-state index contributed by atoms with van der Waals surface area (Å²) in [7, 11) is 0. The monoisotopic (exact) mass is 533 g/mol. The molecule has 36 heavy (non-hydrogen) atoms. The number of aromatic nitrogens is 2. The number of hydrazine groups is 1. The van der Waals surface area contributed by atoms with Crippen molar-refractivity contribution in [3.8, 4) is 0 Å². The first-order valence-corrected chi connectivity index (χ1v) is 12.6. The number of pyridine rings is 1. The van der Waals surface area contributed by atoms with Crippen LogP contribution in [0.2, 0.25) is 5.02 Å². The van der Waals surface area contributed by atoms with Crippen LogP contribution in [0.15, 0.2) is 47.0 Å². The average Bonchev–Trinajstić information content (AvgIpc) is 3.40. The molecule has 6 N–H and O–H groups in total. The van der Waals surface area contributed by atoms with Gasteiger partial charge in [0.1, 0.15) is 5.82 Å². The van der Waals surface area contributed by atoms with Crippen LogP contribution in [-0.2, 0) is 6.54 Å². The Balaban J connectivity index is 0.00000176. The number of hydrazone groups is 1. The van der Waals surface area contributed by atoms with Gasteiger partial charge >= 0.3 is 0 Å². The van der Waals surface area contributed by atoms with Crippen LogP contribution in [0, 0.1) is 5.82 Å². The molecule has 13 heteroatoms. The fourth-order valence-corrected chi connectivity index (χ4v) is 4.30. The van der Waals surface area contributed by atoms with Crippen LogP contribution in [0.25, 0.3) is 0 Å². The van der Waals surface area contributed by atoms with Crippen molar-refractivity contribution in [2.75, 3.05) is 31.5 Å². The molecule has 192 valence electrons. The predicted octanol–water partition coefficient (Wildman–Crippen LogP) is 3.14. The molecule has 3 heterocycles. The summed E-state index contributed by atoms with van der Waals surface area (Å²) in [4.78, 5) is 25.4. The molecule has 10 nitrogen and oxygen atoms in total. The first-order valence-electron chi connectivity index (χ1n) is 11.4. The lowest BCUT2D eigenvalue weighted by Gasteiger charge is -2.34. The largest absolute Gasteiger partial charge is 0.382 e. The standard InChI is InChI=1S/C21H23ClFN9OS.C2H6/c22-16-3-1-2-15(18(16)23)20(33)32-7-5-31(6-8-32)12-14-10-13(19(24)29-30-25)11-17(27-14)28-21-26-4-9-34-21;1-2/h1-4,9-11,30H,5-8,12,25H2,(H2,24,29)(H,26,27,28);1-2H3. The van der Waals surface area contributed by atoms with E-state index in [-0.39, 0.29) is 22.3 Å². The Labute approximate surface area is 218 Å². The number of carbonyl (C=O) groups is 1. The first-order chi connectivity index (χ1) is 17.4. The van der Waals surface area contributed by atoms with Gasteiger partial charge in [0.25, 0.3) is 5.91 Å². The molecule has 4 rings (SSSR count). The van der Waals surface area contributed by atoms with Crippen molar-refractivity contribution in [1.29, 1.82) is 0 Å². The average molecular weight is 534 g/mol. The Bertz CT molecular complexity index is 1180. The van der Waals surface area contributed by atoms with Crippen molar-refractivity contribution in [3.05, 3.63) is 69.6 Å². The number of amides is 1. The van der Waals surface area contributed by atoms with E-state index in [9.17, 15) is 9.18 Å². The van der Waals surface area contributed by atoms with Crippen molar-refractivity contribution in [1.82, 2.24) is 25.3 Å². The van der Waals surface area contributed by atoms with E-state index < -0.39 is 5.82 Å². The molecular formula is C23H29ClFN9OS. The van der Waals surface area contributed by atoms with Crippen LogP contribution in [0.5, 0.6) is 0 Å². The van der Waals surface area contributed by atoms with E-state index in [2.05, 4.69) is 30.8 Å². The summed E-state index contributed by atoms with van der Waals surface area (Å²) in [6, 6.07) is 8.04. The molecule has 1 aliphatic heterocycles. The van der Waals surface area contributed by atoms with Crippen molar-refractivity contribution in [3.63, 3.8) is 0 Å². The second kappa shape index (κ2) is 13.1. The van der Waals surface area contributed by atoms with Gasteiger partial charge in [0.2, 0.25) is 0 Å². The molecule has 0 bridgehead atoms. The third-order valence-corrected chi connectivity index (χ3v) is 6.23. The molecule has 0 radical (unpaired) electrons. The lowest BCUT2D eigenvalue weighted by molar-refractivity contribution is 0.0622. The normalized spacial score (nSPS) is 14.1. The second-order valence-electron chi connectivity index (χ2n) is 7.49. The van der Waals surface area contributed by atoms with Crippen molar-refractivity contribution < 1.29 is 9.18 Å². The molecule has 1 saturated heterocycles. The number of nitrogens with one attached hydrogen (secondary N) is 2. The maximum atomic E-state index is 14.3. The minimum Gasteiger partial charge on any atom is -0.382 e. The van der Waals surface area contributed by atoms with Crippen LogP contribution >= 0.6 is 22.9 Å². The van der Waals surface area contributed by atoms with Crippen LogP contribution in [0.4, 0.5) is 15.3 Å². The third-order valence-electron chi connectivity index (χ3n) is 5.25. The fraction of sp³-hybridized carbons (Fsp3) is 0.304. The molecule has 0 aliphatic carbocycles. The van der Waals surface area contributed by atoms with Gasteiger partial charge in [-0.05, 0) is 24.3 Å². The van der Waals surface area contributed by atoms with E-state index in [0.29, 0.717) is 49.2 Å². The highest BCUT2D eigenvalue weighted by Gasteiger charge is 2.25. The van der Waals surface area contributed by atoms with Crippen LogP contribution in [0.3, 0.4) is 0 Å². The quantitative estimate of drug-likeness (QED) is 0.157. The number of nitrogens with zero attached hydrogens (tertiary/aromatic N) is 5. The highest BCUT2D eigenvalue weighted by atomic mass is 35.5. The highest BCUT2D eigenvalue weighted by Crippen LogP contribution is 2.22. The summed E-state index contributed by atoms with van der Waals surface area (Å²) in [6.45, 7) is 6.63. The van der Waals surface area contributed by atoms with Crippen LogP contribution in [-0.4, -0.2) is 57.7 Å². The van der Waals surface area contributed by atoms with E-state index in [0.717, 1.165) is 5.69 Å². The lowest BCUT2D eigenvalue weighted by Crippen LogP contribution is -2.48. The summed E-state index contributed by atoms with van der Waals surface area (Å²) in [5.41, 5.74) is 9.60. The number of piperazine rings is 1. The SMILES string of the molecule is CC.NN/N=C(\N)c1cc(CN2CCN(C(=O)c3cccc(Cl)c3F)CC2)nc(Nc2nccs2)c1. The molecular weight excluding hydrogens is 505 g/mol. The predicted molar refractivity (Wildman–Crippen MR) is 142 cm³/mol. The summed E-state index contributed by atoms with van der Waals surface area (Å²) in [6.07, 6.45) is 1.70. The van der Waals surface area contributed by atoms with Gasteiger partial charge in [0.15, 0.2) is 16.8 Å². The van der Waals surface area contributed by atoms with E-state index in [4.69, 9.17) is 23.2 Å². The Hall–Kier alpha value is -3.32. The van der Waals surface area contributed by atoms with Gasteiger partial charge < -0.3 is 16.0 Å². The maximum Gasteiger partial charge on any atom is 0.256 e. The summed E-state index contributed by atoms with van der Waals surface area (Å²) < 4.78 is 14.3. The minimum atomic E-state index is -0.691. The number of thiazole rings is 1. The highest BCUT2D eigenvalue weighted by molar-refractivity contribution is 7.13. The third kappa shape index (κ3) is 6.88. The van der Waals surface area contributed by atoms with Crippen molar-refractivity contribution in [2.45, 2.75) is 20.4 Å². The Morgan fingerprint density at radius 3 is 2.67 bits per heavy atom. The molecule has 0 atom stereocenters. The lowest BCUT2D eigenvalue weighted by atomic mass is 10.1. The zero-order chi connectivity index (χ0) is 26.1. The molecule has 2 aromatic heterocycles. The van der Waals surface area contributed by atoms with Crippen molar-refractivity contribution in [2.24, 2.45) is 16.7 Å².